The van der Waals surface area contributed by atoms with E-state index in [1.165, 1.54) is 11.3 Å². The maximum absolute atomic E-state index is 12.6. The lowest BCUT2D eigenvalue weighted by Crippen LogP contribution is -2.43. The highest BCUT2D eigenvalue weighted by molar-refractivity contribution is 7.18. The smallest absolute Gasteiger partial charge is 0.267 e. The summed E-state index contributed by atoms with van der Waals surface area (Å²) < 4.78 is 0. The van der Waals surface area contributed by atoms with Crippen molar-refractivity contribution in [3.05, 3.63) is 4.88 Å². The van der Waals surface area contributed by atoms with Crippen LogP contribution in [0.1, 0.15) is 29.4 Å². The Morgan fingerprint density at radius 2 is 2.10 bits per heavy atom. The van der Waals surface area contributed by atoms with Crippen molar-refractivity contribution >= 4 is 28.2 Å². The van der Waals surface area contributed by atoms with Crippen molar-refractivity contribution in [3.63, 3.8) is 0 Å². The van der Waals surface area contributed by atoms with Crippen LogP contribution < -0.4 is 16.0 Å². The SMILES string of the molecule is CCN(C)c1nc(N)c(C(=O)N(C)C2CCNCC2)s1. The molecular weight excluding hydrogens is 274 g/mol. The molecule has 112 valence electrons. The van der Waals surface area contributed by atoms with Crippen molar-refractivity contribution in [1.82, 2.24) is 15.2 Å². The predicted octanol–water partition coefficient (Wildman–Crippen LogP) is 1.01. The van der Waals surface area contributed by atoms with Crippen molar-refractivity contribution in [3.8, 4) is 0 Å². The Bertz CT molecular complexity index is 469. The summed E-state index contributed by atoms with van der Waals surface area (Å²) in [4.78, 5) is 21.2. The van der Waals surface area contributed by atoms with E-state index in [1.54, 1.807) is 0 Å². The van der Waals surface area contributed by atoms with E-state index in [4.69, 9.17) is 5.73 Å². The zero-order chi connectivity index (χ0) is 14.7. The molecule has 0 aliphatic carbocycles. The molecule has 1 aromatic heterocycles. The minimum Gasteiger partial charge on any atom is -0.382 e. The Hall–Kier alpha value is -1.34. The second-order valence-corrected chi connectivity index (χ2v) is 6.10. The Morgan fingerprint density at radius 3 is 2.70 bits per heavy atom. The number of nitrogens with one attached hydrogen (secondary N) is 1. The van der Waals surface area contributed by atoms with Crippen LogP contribution >= 0.6 is 11.3 Å². The van der Waals surface area contributed by atoms with Gasteiger partial charge < -0.3 is 20.9 Å². The number of anilines is 2. The molecule has 0 saturated carbocycles. The Morgan fingerprint density at radius 1 is 1.45 bits per heavy atom. The summed E-state index contributed by atoms with van der Waals surface area (Å²) in [6, 6.07) is 0.289. The highest BCUT2D eigenvalue weighted by atomic mass is 32.1. The molecule has 2 heterocycles. The van der Waals surface area contributed by atoms with Crippen LogP contribution in [0.3, 0.4) is 0 Å². The van der Waals surface area contributed by atoms with Gasteiger partial charge >= 0.3 is 0 Å². The molecular formula is C13H23N5OS. The number of rotatable bonds is 4. The fraction of sp³-hybridized carbons (Fsp3) is 0.692. The molecule has 1 fully saturated rings. The number of nitrogens with zero attached hydrogens (tertiary/aromatic N) is 3. The standard InChI is InChI=1S/C13H23N5OS/c1-4-17(2)13-16-11(14)10(20-13)12(19)18(3)9-5-7-15-8-6-9/h9,15H,4-8,14H2,1-3H3. The molecule has 1 aromatic rings. The number of carbonyl (C=O) groups is 1. The maximum Gasteiger partial charge on any atom is 0.267 e. The molecule has 0 atom stereocenters. The topological polar surface area (TPSA) is 74.5 Å². The first kappa shape index (κ1) is 15.1. The second-order valence-electron chi connectivity index (χ2n) is 5.12. The molecule has 6 nitrogen and oxygen atoms in total. The number of thiazole rings is 1. The van der Waals surface area contributed by atoms with Gasteiger partial charge in [0.1, 0.15) is 10.7 Å². The molecule has 0 bridgehead atoms. The fourth-order valence-corrected chi connectivity index (χ4v) is 3.28. The van der Waals surface area contributed by atoms with Gasteiger partial charge in [0.25, 0.3) is 5.91 Å². The molecule has 0 aromatic carbocycles. The normalized spacial score (nSPS) is 16.1. The number of nitrogen functional groups attached to an aromatic ring is 1. The average molecular weight is 297 g/mol. The van der Waals surface area contributed by atoms with Gasteiger partial charge in [-0.2, -0.15) is 0 Å². The molecule has 20 heavy (non-hydrogen) atoms. The van der Waals surface area contributed by atoms with E-state index in [-0.39, 0.29) is 11.9 Å². The summed E-state index contributed by atoms with van der Waals surface area (Å²) in [6.07, 6.45) is 1.98. The molecule has 3 N–H and O–H groups in total. The zero-order valence-electron chi connectivity index (χ0n) is 12.3. The number of hydrogen-bond donors (Lipinski definition) is 2. The first-order valence-electron chi connectivity index (χ1n) is 7.00. The van der Waals surface area contributed by atoms with Crippen LogP contribution in [0.4, 0.5) is 10.9 Å². The van der Waals surface area contributed by atoms with Gasteiger partial charge in [-0.15, -0.1) is 0 Å². The van der Waals surface area contributed by atoms with E-state index in [1.807, 2.05) is 30.8 Å². The quantitative estimate of drug-likeness (QED) is 0.867. The van der Waals surface area contributed by atoms with E-state index in [0.717, 1.165) is 37.6 Å². The van der Waals surface area contributed by atoms with Gasteiger partial charge in [-0.25, -0.2) is 4.98 Å². The number of hydrogen-bond acceptors (Lipinski definition) is 6. The lowest BCUT2D eigenvalue weighted by Gasteiger charge is -2.31. The van der Waals surface area contributed by atoms with Gasteiger partial charge in [0.15, 0.2) is 5.13 Å². The van der Waals surface area contributed by atoms with Gasteiger partial charge in [0.2, 0.25) is 0 Å². The van der Waals surface area contributed by atoms with Crippen LogP contribution in [0, 0.1) is 0 Å². The van der Waals surface area contributed by atoms with Crippen molar-refractivity contribution in [2.75, 3.05) is 44.4 Å². The summed E-state index contributed by atoms with van der Waals surface area (Å²) >= 11 is 1.38. The molecule has 1 saturated heterocycles. The lowest BCUT2D eigenvalue weighted by molar-refractivity contribution is 0.0709. The molecule has 2 rings (SSSR count). The summed E-state index contributed by atoms with van der Waals surface area (Å²) in [5.74, 6) is 0.332. The summed E-state index contributed by atoms with van der Waals surface area (Å²) in [5.41, 5.74) is 5.91. The molecule has 7 heteroatoms. The molecule has 0 radical (unpaired) electrons. The number of nitrogens with two attached hydrogens (primary N) is 1. The van der Waals surface area contributed by atoms with Crippen molar-refractivity contribution < 1.29 is 4.79 Å². The second kappa shape index (κ2) is 6.41. The predicted molar refractivity (Wildman–Crippen MR) is 83.5 cm³/mol. The van der Waals surface area contributed by atoms with E-state index < -0.39 is 0 Å². The molecule has 0 spiro atoms. The summed E-state index contributed by atoms with van der Waals surface area (Å²) in [6.45, 7) is 4.81. The van der Waals surface area contributed by atoms with Crippen LogP contribution in [-0.4, -0.2) is 55.6 Å². The fourth-order valence-electron chi connectivity index (χ4n) is 2.29. The zero-order valence-corrected chi connectivity index (χ0v) is 13.2. The lowest BCUT2D eigenvalue weighted by atomic mass is 10.1. The largest absolute Gasteiger partial charge is 0.382 e. The van der Waals surface area contributed by atoms with Gasteiger partial charge in [-0.05, 0) is 32.9 Å². The minimum absolute atomic E-state index is 0.0114. The van der Waals surface area contributed by atoms with Crippen LogP contribution in [0.2, 0.25) is 0 Å². The highest BCUT2D eigenvalue weighted by Crippen LogP contribution is 2.29. The van der Waals surface area contributed by atoms with E-state index in [0.29, 0.717) is 10.7 Å². The minimum atomic E-state index is -0.0114. The third-order valence-corrected chi connectivity index (χ3v) is 4.99. The monoisotopic (exact) mass is 297 g/mol. The van der Waals surface area contributed by atoms with Crippen LogP contribution in [0.15, 0.2) is 0 Å². The van der Waals surface area contributed by atoms with E-state index in [2.05, 4.69) is 10.3 Å². The van der Waals surface area contributed by atoms with Crippen LogP contribution in [-0.2, 0) is 0 Å². The third-order valence-electron chi connectivity index (χ3n) is 3.81. The third kappa shape index (κ3) is 3.04. The Kier molecular flexibility index (Phi) is 4.82. The first-order chi connectivity index (χ1) is 9.54. The number of amides is 1. The first-order valence-corrected chi connectivity index (χ1v) is 7.81. The van der Waals surface area contributed by atoms with Crippen LogP contribution in [0.5, 0.6) is 0 Å². The molecule has 1 aliphatic rings. The summed E-state index contributed by atoms with van der Waals surface area (Å²) in [5, 5.41) is 4.11. The van der Waals surface area contributed by atoms with E-state index >= 15 is 0 Å². The molecule has 1 amide bonds. The number of carbonyl (C=O) groups excluding carboxylic acids is 1. The number of piperidine rings is 1. The number of aromatic nitrogens is 1. The highest BCUT2D eigenvalue weighted by Gasteiger charge is 2.26. The van der Waals surface area contributed by atoms with E-state index in [9.17, 15) is 4.79 Å². The van der Waals surface area contributed by atoms with Crippen molar-refractivity contribution in [1.29, 1.82) is 0 Å². The van der Waals surface area contributed by atoms with Gasteiger partial charge in [-0.1, -0.05) is 11.3 Å². The Labute approximate surface area is 124 Å². The van der Waals surface area contributed by atoms with Gasteiger partial charge in [0.05, 0.1) is 0 Å². The van der Waals surface area contributed by atoms with Crippen molar-refractivity contribution in [2.24, 2.45) is 0 Å². The van der Waals surface area contributed by atoms with Gasteiger partial charge in [-0.3, -0.25) is 4.79 Å². The Balaban J connectivity index is 2.13. The van der Waals surface area contributed by atoms with Gasteiger partial charge in [0, 0.05) is 26.7 Å². The average Bonchev–Trinajstić information content (AvgIpc) is 2.87. The summed E-state index contributed by atoms with van der Waals surface area (Å²) in [7, 11) is 3.81. The molecule has 1 aliphatic heterocycles. The van der Waals surface area contributed by atoms with Crippen LogP contribution in [0.25, 0.3) is 0 Å². The van der Waals surface area contributed by atoms with Crippen molar-refractivity contribution in [2.45, 2.75) is 25.8 Å². The molecule has 0 unspecified atom stereocenters. The maximum atomic E-state index is 12.6.